The molecule has 0 saturated carbocycles. The fourth-order valence-electron chi connectivity index (χ4n) is 1.74. The van der Waals surface area contributed by atoms with Gasteiger partial charge in [0, 0.05) is 6.54 Å². The fraction of sp³-hybridized carbons (Fsp3) is 0.308. The van der Waals surface area contributed by atoms with Gasteiger partial charge in [-0.25, -0.2) is 14.8 Å². The Morgan fingerprint density at radius 3 is 2.70 bits per heavy atom. The van der Waals surface area contributed by atoms with Crippen molar-refractivity contribution in [1.82, 2.24) is 20.0 Å². The Bertz CT molecular complexity index is 655. The number of halogens is 1. The van der Waals surface area contributed by atoms with Gasteiger partial charge < -0.3 is 0 Å². The summed E-state index contributed by atoms with van der Waals surface area (Å²) >= 11 is 6.10. The van der Waals surface area contributed by atoms with E-state index in [4.69, 9.17) is 11.6 Å². The van der Waals surface area contributed by atoms with Crippen LogP contribution in [0.25, 0.3) is 5.69 Å². The first kappa shape index (κ1) is 14.5. The van der Waals surface area contributed by atoms with E-state index in [9.17, 15) is 4.79 Å². The van der Waals surface area contributed by atoms with Crippen LogP contribution in [0.1, 0.15) is 19.2 Å². The number of nitrogens with one attached hydrogen (secondary N) is 2. The van der Waals surface area contributed by atoms with Gasteiger partial charge in [0.15, 0.2) is 0 Å². The predicted molar refractivity (Wildman–Crippen MR) is 79.3 cm³/mol. The van der Waals surface area contributed by atoms with Crippen LogP contribution in [0.4, 0.5) is 5.95 Å². The fourth-order valence-corrected chi connectivity index (χ4v) is 1.96. The van der Waals surface area contributed by atoms with Crippen molar-refractivity contribution in [2.24, 2.45) is 0 Å². The molecule has 0 unspecified atom stereocenters. The smallest absolute Gasteiger partial charge is 0.289 e. The second-order valence-corrected chi connectivity index (χ2v) is 4.62. The van der Waals surface area contributed by atoms with Gasteiger partial charge in [-0.2, -0.15) is 9.97 Å². The van der Waals surface area contributed by atoms with Crippen molar-refractivity contribution in [3.63, 3.8) is 0 Å². The summed E-state index contributed by atoms with van der Waals surface area (Å²) in [5.41, 5.74) is 5.88. The second-order valence-electron chi connectivity index (χ2n) is 4.22. The molecule has 6 nitrogen and oxygen atoms in total. The van der Waals surface area contributed by atoms with Crippen LogP contribution in [-0.2, 0) is 0 Å². The van der Waals surface area contributed by atoms with E-state index in [1.807, 2.05) is 13.0 Å². The molecule has 0 fully saturated rings. The number of aryl methyl sites for hydroxylation is 1. The minimum absolute atomic E-state index is 0.254. The van der Waals surface area contributed by atoms with Gasteiger partial charge in [-0.05, 0) is 25.5 Å². The number of nitrogens with zero attached hydrogens (tertiary/aromatic N) is 3. The standard InChI is InChI=1S/C13H16ClN5O/c1-3-8-15-18-12-16-9(2)19(13(20)17-12)11-7-5-4-6-10(11)14/h4-7,15H,3,8H2,1-2H3,(H,17,18,20). The molecular weight excluding hydrogens is 278 g/mol. The van der Waals surface area contributed by atoms with E-state index < -0.39 is 5.69 Å². The zero-order valence-electron chi connectivity index (χ0n) is 11.4. The molecule has 2 rings (SSSR count). The van der Waals surface area contributed by atoms with Gasteiger partial charge in [-0.3, -0.25) is 5.43 Å². The highest BCUT2D eigenvalue weighted by Crippen LogP contribution is 2.18. The molecule has 2 aromatic rings. The van der Waals surface area contributed by atoms with E-state index in [-0.39, 0.29) is 5.95 Å². The van der Waals surface area contributed by atoms with Crippen molar-refractivity contribution in [3.8, 4) is 5.69 Å². The van der Waals surface area contributed by atoms with Crippen molar-refractivity contribution in [3.05, 3.63) is 45.6 Å². The molecule has 0 amide bonds. The third kappa shape index (κ3) is 3.15. The first-order valence-electron chi connectivity index (χ1n) is 6.35. The van der Waals surface area contributed by atoms with Crippen molar-refractivity contribution in [1.29, 1.82) is 0 Å². The first-order chi connectivity index (χ1) is 9.63. The summed E-state index contributed by atoms with van der Waals surface area (Å²) < 4.78 is 1.38. The quantitative estimate of drug-likeness (QED) is 0.651. The van der Waals surface area contributed by atoms with Gasteiger partial charge in [0.1, 0.15) is 5.82 Å². The Hall–Kier alpha value is -1.92. The number of para-hydroxylation sites is 1. The third-order valence-corrected chi connectivity index (χ3v) is 2.97. The molecule has 0 radical (unpaired) electrons. The predicted octanol–water partition coefficient (Wildman–Crippen LogP) is 1.92. The number of rotatable bonds is 5. The third-order valence-electron chi connectivity index (χ3n) is 2.65. The Labute approximate surface area is 121 Å². The van der Waals surface area contributed by atoms with E-state index in [1.165, 1.54) is 4.57 Å². The van der Waals surface area contributed by atoms with Crippen LogP contribution in [-0.4, -0.2) is 21.1 Å². The highest BCUT2D eigenvalue weighted by Gasteiger charge is 2.10. The molecule has 0 bridgehead atoms. The minimum Gasteiger partial charge on any atom is -0.289 e. The summed E-state index contributed by atoms with van der Waals surface area (Å²) in [6.45, 7) is 4.53. The number of hydrazine groups is 1. The largest absolute Gasteiger partial charge is 0.356 e. The summed E-state index contributed by atoms with van der Waals surface area (Å²) in [5, 5.41) is 0.478. The molecule has 20 heavy (non-hydrogen) atoms. The molecule has 0 aliphatic carbocycles. The van der Waals surface area contributed by atoms with Crippen LogP contribution >= 0.6 is 11.6 Å². The Balaban J connectivity index is 2.37. The molecule has 1 heterocycles. The average Bonchev–Trinajstić information content (AvgIpc) is 2.40. The first-order valence-corrected chi connectivity index (χ1v) is 6.72. The molecule has 1 aromatic carbocycles. The normalized spacial score (nSPS) is 10.6. The monoisotopic (exact) mass is 293 g/mol. The average molecular weight is 294 g/mol. The highest BCUT2D eigenvalue weighted by molar-refractivity contribution is 6.32. The van der Waals surface area contributed by atoms with Crippen LogP contribution in [0.15, 0.2) is 29.1 Å². The molecule has 7 heteroatoms. The summed E-state index contributed by atoms with van der Waals surface area (Å²) in [6, 6.07) is 7.08. The van der Waals surface area contributed by atoms with Crippen LogP contribution in [0.5, 0.6) is 0 Å². The summed E-state index contributed by atoms with van der Waals surface area (Å²) in [5.74, 6) is 0.767. The highest BCUT2D eigenvalue weighted by atomic mass is 35.5. The molecule has 0 atom stereocenters. The van der Waals surface area contributed by atoms with Crippen LogP contribution in [0.3, 0.4) is 0 Å². The maximum Gasteiger partial charge on any atom is 0.356 e. The zero-order valence-corrected chi connectivity index (χ0v) is 12.1. The second kappa shape index (κ2) is 6.49. The van der Waals surface area contributed by atoms with Gasteiger partial charge in [-0.1, -0.05) is 30.7 Å². The molecule has 0 aliphatic rings. The number of benzene rings is 1. The van der Waals surface area contributed by atoms with Gasteiger partial charge in [0.05, 0.1) is 10.7 Å². The van der Waals surface area contributed by atoms with Gasteiger partial charge >= 0.3 is 5.69 Å². The van der Waals surface area contributed by atoms with Gasteiger partial charge in [0.25, 0.3) is 0 Å². The van der Waals surface area contributed by atoms with Crippen LogP contribution in [0, 0.1) is 6.92 Å². The van der Waals surface area contributed by atoms with E-state index in [0.29, 0.717) is 16.5 Å². The topological polar surface area (TPSA) is 71.8 Å². The number of hydrogen-bond acceptors (Lipinski definition) is 5. The lowest BCUT2D eigenvalue weighted by Crippen LogP contribution is -2.30. The lowest BCUT2D eigenvalue weighted by molar-refractivity contribution is 0.732. The molecule has 0 aliphatic heterocycles. The minimum atomic E-state index is -0.425. The Morgan fingerprint density at radius 1 is 1.30 bits per heavy atom. The summed E-state index contributed by atoms with van der Waals surface area (Å²) in [7, 11) is 0. The Morgan fingerprint density at radius 2 is 2.05 bits per heavy atom. The lowest BCUT2D eigenvalue weighted by Gasteiger charge is -2.12. The Kier molecular flexibility index (Phi) is 4.70. The number of hydrogen-bond donors (Lipinski definition) is 2. The maximum absolute atomic E-state index is 12.1. The van der Waals surface area contributed by atoms with Crippen LogP contribution < -0.4 is 16.5 Å². The SMILES string of the molecule is CCCNNc1nc(C)n(-c2ccccc2Cl)c(=O)n1. The van der Waals surface area contributed by atoms with Gasteiger partial charge in [0.2, 0.25) is 5.95 Å². The van der Waals surface area contributed by atoms with Crippen LogP contribution in [0.2, 0.25) is 5.02 Å². The zero-order chi connectivity index (χ0) is 14.5. The van der Waals surface area contributed by atoms with E-state index in [2.05, 4.69) is 20.8 Å². The lowest BCUT2D eigenvalue weighted by atomic mass is 10.3. The molecular formula is C13H16ClN5O. The molecule has 2 N–H and O–H groups in total. The van der Waals surface area contributed by atoms with Crippen molar-refractivity contribution in [2.45, 2.75) is 20.3 Å². The van der Waals surface area contributed by atoms with Gasteiger partial charge in [-0.15, -0.1) is 0 Å². The number of anilines is 1. The summed E-state index contributed by atoms with van der Waals surface area (Å²) in [4.78, 5) is 20.3. The molecule has 0 saturated heterocycles. The molecule has 106 valence electrons. The maximum atomic E-state index is 12.1. The van der Waals surface area contributed by atoms with E-state index in [1.54, 1.807) is 25.1 Å². The number of aromatic nitrogens is 3. The van der Waals surface area contributed by atoms with Crippen molar-refractivity contribution in [2.75, 3.05) is 12.0 Å². The van der Waals surface area contributed by atoms with Crippen molar-refractivity contribution >= 4 is 17.5 Å². The molecule has 1 aromatic heterocycles. The van der Waals surface area contributed by atoms with E-state index >= 15 is 0 Å². The van der Waals surface area contributed by atoms with Crippen molar-refractivity contribution < 1.29 is 0 Å². The molecule has 0 spiro atoms. The van der Waals surface area contributed by atoms with E-state index in [0.717, 1.165) is 13.0 Å². The summed E-state index contributed by atoms with van der Waals surface area (Å²) in [6.07, 6.45) is 0.961.